The zero-order chi connectivity index (χ0) is 23.8. The fourth-order valence-electron chi connectivity index (χ4n) is 3.16. The second-order valence-electron chi connectivity index (χ2n) is 7.28. The van der Waals surface area contributed by atoms with Gasteiger partial charge in [-0.3, -0.25) is 9.78 Å². The van der Waals surface area contributed by atoms with Gasteiger partial charge in [0.25, 0.3) is 0 Å². The van der Waals surface area contributed by atoms with Crippen LogP contribution >= 0.6 is 0 Å². The van der Waals surface area contributed by atoms with E-state index in [0.29, 0.717) is 17.6 Å². The van der Waals surface area contributed by atoms with Crippen LogP contribution in [0.2, 0.25) is 0 Å². The van der Waals surface area contributed by atoms with E-state index in [1.807, 2.05) is 0 Å². The third-order valence-electron chi connectivity index (χ3n) is 4.74. The molecule has 0 radical (unpaired) electrons. The number of nitrogens with zero attached hydrogens (tertiary/aromatic N) is 3. The van der Waals surface area contributed by atoms with E-state index in [1.54, 1.807) is 18.2 Å². The van der Waals surface area contributed by atoms with E-state index < -0.39 is 27.4 Å². The molecule has 1 aromatic carbocycles. The van der Waals surface area contributed by atoms with Crippen molar-refractivity contribution in [3.63, 3.8) is 0 Å². The predicted molar refractivity (Wildman–Crippen MR) is 114 cm³/mol. The Labute approximate surface area is 186 Å². The second kappa shape index (κ2) is 8.31. The highest BCUT2D eigenvalue weighted by Crippen LogP contribution is 2.34. The Morgan fingerprint density at radius 3 is 2.67 bits per heavy atom. The Morgan fingerprint density at radius 2 is 1.94 bits per heavy atom. The zero-order valence-electron chi connectivity index (χ0n) is 17.1. The molecule has 0 spiro atoms. The fourth-order valence-corrected chi connectivity index (χ4v) is 3.82. The molecule has 1 amide bonds. The molecule has 9 nitrogen and oxygen atoms in total. The number of halogens is 3. The first-order valence-corrected chi connectivity index (χ1v) is 11.4. The summed E-state index contributed by atoms with van der Waals surface area (Å²) in [7, 11) is -3.50. The van der Waals surface area contributed by atoms with Crippen LogP contribution in [-0.2, 0) is 33.8 Å². The molecule has 13 heteroatoms. The van der Waals surface area contributed by atoms with Crippen molar-refractivity contribution in [3.8, 4) is 0 Å². The number of nitrogens with one attached hydrogen (secondary N) is 3. The van der Waals surface area contributed by atoms with Crippen LogP contribution in [0, 0.1) is 0 Å². The van der Waals surface area contributed by atoms with Crippen LogP contribution in [0.25, 0.3) is 0 Å². The minimum Gasteiger partial charge on any atom is -0.364 e. The lowest BCUT2D eigenvalue weighted by atomic mass is 10.1. The minimum atomic E-state index is -4.72. The SMILES string of the molecule is CS(=O)(=O)c1ccnc(CNc2nc(Nc3ccc4c(c3)NC(=O)C4)ncc2C(F)(F)F)c1. The van der Waals surface area contributed by atoms with E-state index in [1.165, 1.54) is 18.3 Å². The highest BCUT2D eigenvalue weighted by molar-refractivity contribution is 7.90. The van der Waals surface area contributed by atoms with E-state index in [-0.39, 0.29) is 35.4 Å². The highest BCUT2D eigenvalue weighted by atomic mass is 32.2. The van der Waals surface area contributed by atoms with Gasteiger partial charge in [0.2, 0.25) is 11.9 Å². The number of pyridine rings is 1. The molecule has 1 aliphatic rings. The van der Waals surface area contributed by atoms with Crippen molar-refractivity contribution in [2.75, 3.05) is 22.2 Å². The number of carbonyl (C=O) groups excluding carboxylic acids is 1. The smallest absolute Gasteiger partial charge is 0.364 e. The fraction of sp³-hybridized carbons (Fsp3) is 0.200. The van der Waals surface area contributed by atoms with Gasteiger partial charge in [0.15, 0.2) is 9.84 Å². The maximum Gasteiger partial charge on any atom is 0.421 e. The molecule has 0 atom stereocenters. The number of benzene rings is 1. The molecular formula is C20H17F3N6O3S. The molecule has 0 fully saturated rings. The molecule has 3 heterocycles. The van der Waals surface area contributed by atoms with Crippen LogP contribution in [0.3, 0.4) is 0 Å². The Balaban J connectivity index is 1.58. The molecule has 0 unspecified atom stereocenters. The summed E-state index contributed by atoms with van der Waals surface area (Å²) in [4.78, 5) is 23.2. The van der Waals surface area contributed by atoms with Gasteiger partial charge in [0.05, 0.1) is 23.6 Å². The number of alkyl halides is 3. The second-order valence-corrected chi connectivity index (χ2v) is 9.30. The minimum absolute atomic E-state index is 0.000844. The number of carbonyl (C=O) groups is 1. The van der Waals surface area contributed by atoms with Gasteiger partial charge in [-0.25, -0.2) is 13.4 Å². The molecular weight excluding hydrogens is 461 g/mol. The van der Waals surface area contributed by atoms with Crippen molar-refractivity contribution in [2.45, 2.75) is 24.0 Å². The van der Waals surface area contributed by atoms with Crippen LogP contribution in [0.5, 0.6) is 0 Å². The van der Waals surface area contributed by atoms with Crippen molar-refractivity contribution in [2.24, 2.45) is 0 Å². The van der Waals surface area contributed by atoms with Crippen molar-refractivity contribution >= 4 is 38.9 Å². The Bertz CT molecular complexity index is 1350. The van der Waals surface area contributed by atoms with E-state index in [2.05, 4.69) is 30.9 Å². The topological polar surface area (TPSA) is 126 Å². The maximum absolute atomic E-state index is 13.5. The van der Waals surface area contributed by atoms with Gasteiger partial charge in [0.1, 0.15) is 11.4 Å². The first-order valence-electron chi connectivity index (χ1n) is 9.52. The summed E-state index contributed by atoms with van der Waals surface area (Å²) in [5.74, 6) is -0.749. The molecule has 2 aromatic heterocycles. The van der Waals surface area contributed by atoms with Gasteiger partial charge in [-0.15, -0.1) is 0 Å². The number of anilines is 4. The van der Waals surface area contributed by atoms with Gasteiger partial charge in [-0.2, -0.15) is 18.2 Å². The predicted octanol–water partition coefficient (Wildman–Crippen LogP) is 3.14. The average molecular weight is 478 g/mol. The highest BCUT2D eigenvalue weighted by Gasteiger charge is 2.35. The number of amides is 1. The lowest BCUT2D eigenvalue weighted by Gasteiger charge is -2.15. The van der Waals surface area contributed by atoms with Gasteiger partial charge < -0.3 is 16.0 Å². The number of sulfone groups is 1. The number of hydrogen-bond acceptors (Lipinski definition) is 8. The first-order chi connectivity index (χ1) is 15.5. The molecule has 0 saturated carbocycles. The number of hydrogen-bond donors (Lipinski definition) is 3. The van der Waals surface area contributed by atoms with Gasteiger partial charge in [0, 0.05) is 30.0 Å². The summed E-state index contributed by atoms with van der Waals surface area (Å²) in [6, 6.07) is 7.59. The van der Waals surface area contributed by atoms with Gasteiger partial charge in [-0.1, -0.05) is 6.07 Å². The maximum atomic E-state index is 13.5. The van der Waals surface area contributed by atoms with Gasteiger partial charge >= 0.3 is 6.18 Å². The summed E-state index contributed by atoms with van der Waals surface area (Å²) in [6.07, 6.45) is -1.53. The summed E-state index contributed by atoms with van der Waals surface area (Å²) in [6.45, 7) is -0.201. The molecule has 3 aromatic rings. The molecule has 33 heavy (non-hydrogen) atoms. The van der Waals surface area contributed by atoms with Crippen LogP contribution in [-0.4, -0.2) is 35.5 Å². The number of aromatic nitrogens is 3. The zero-order valence-corrected chi connectivity index (χ0v) is 17.9. The van der Waals surface area contributed by atoms with Crippen LogP contribution in [0.15, 0.2) is 47.6 Å². The lowest BCUT2D eigenvalue weighted by Crippen LogP contribution is -2.15. The van der Waals surface area contributed by atoms with E-state index >= 15 is 0 Å². The molecule has 4 rings (SSSR count). The third-order valence-corrected chi connectivity index (χ3v) is 5.85. The van der Waals surface area contributed by atoms with Crippen LogP contribution in [0.4, 0.5) is 36.3 Å². The summed E-state index contributed by atoms with van der Waals surface area (Å²) in [5, 5.41) is 8.07. The molecule has 0 bridgehead atoms. The normalized spacial score (nSPS) is 13.4. The molecule has 0 aliphatic carbocycles. The summed E-state index contributed by atoms with van der Waals surface area (Å²) in [5.41, 5.74) is 1.02. The summed E-state index contributed by atoms with van der Waals surface area (Å²) < 4.78 is 63.8. The molecule has 3 N–H and O–H groups in total. The van der Waals surface area contributed by atoms with Gasteiger partial charge in [-0.05, 0) is 29.8 Å². The third kappa shape index (κ3) is 5.19. The molecule has 0 saturated heterocycles. The van der Waals surface area contributed by atoms with Crippen LogP contribution < -0.4 is 16.0 Å². The van der Waals surface area contributed by atoms with Crippen molar-refractivity contribution < 1.29 is 26.4 Å². The quantitative estimate of drug-likeness (QED) is 0.493. The lowest BCUT2D eigenvalue weighted by molar-refractivity contribution is -0.137. The van der Waals surface area contributed by atoms with Crippen molar-refractivity contribution in [1.29, 1.82) is 0 Å². The number of fused-ring (bicyclic) bond motifs is 1. The van der Waals surface area contributed by atoms with Crippen molar-refractivity contribution in [1.82, 2.24) is 15.0 Å². The Kier molecular flexibility index (Phi) is 5.66. The molecule has 172 valence electrons. The number of rotatable bonds is 6. The summed E-state index contributed by atoms with van der Waals surface area (Å²) >= 11 is 0. The van der Waals surface area contributed by atoms with E-state index in [0.717, 1.165) is 11.8 Å². The van der Waals surface area contributed by atoms with E-state index in [9.17, 15) is 26.4 Å². The van der Waals surface area contributed by atoms with Crippen LogP contribution in [0.1, 0.15) is 16.8 Å². The van der Waals surface area contributed by atoms with Crippen molar-refractivity contribution in [3.05, 3.63) is 59.5 Å². The largest absolute Gasteiger partial charge is 0.421 e. The Morgan fingerprint density at radius 1 is 1.15 bits per heavy atom. The average Bonchev–Trinajstić information content (AvgIpc) is 3.10. The Hall–Kier alpha value is -3.74. The molecule has 1 aliphatic heterocycles. The monoisotopic (exact) mass is 478 g/mol. The van der Waals surface area contributed by atoms with E-state index in [4.69, 9.17) is 0 Å². The standard InChI is InChI=1S/C20H17F3N6O3S/c1-33(31,32)14-4-5-24-13(7-14)9-25-18-15(20(21,22)23)10-26-19(29-18)27-12-3-2-11-6-17(30)28-16(11)8-12/h2-5,7-8,10H,6,9H2,1H3,(H,28,30)(H2,25,26,27,29). The first kappa shape index (κ1) is 22.5.